The van der Waals surface area contributed by atoms with Gasteiger partial charge in [0.2, 0.25) is 0 Å². The molecular formula is C16H18ClN3O3. The molecule has 0 aromatic carbocycles. The first kappa shape index (κ1) is 14.9. The molecule has 0 amide bonds. The molecule has 4 rings (SSSR count). The maximum atomic E-state index is 6.22. The van der Waals surface area contributed by atoms with Gasteiger partial charge in [0.05, 0.1) is 25.5 Å². The van der Waals surface area contributed by atoms with Gasteiger partial charge in [-0.2, -0.15) is 5.10 Å². The van der Waals surface area contributed by atoms with Crippen molar-refractivity contribution >= 4 is 11.6 Å². The number of hydrogen-bond acceptors (Lipinski definition) is 5. The molecule has 23 heavy (non-hydrogen) atoms. The fourth-order valence-corrected chi connectivity index (χ4v) is 3.39. The maximum Gasteiger partial charge on any atom is 0.136 e. The third-order valence-electron chi connectivity index (χ3n) is 4.34. The fraction of sp³-hybridized carbons (Fsp3) is 0.500. The highest BCUT2D eigenvalue weighted by molar-refractivity contribution is 6.29. The Morgan fingerprint density at radius 1 is 1.39 bits per heavy atom. The van der Waals surface area contributed by atoms with Gasteiger partial charge in [0.25, 0.3) is 0 Å². The van der Waals surface area contributed by atoms with Crippen LogP contribution < -0.4 is 4.74 Å². The van der Waals surface area contributed by atoms with E-state index in [2.05, 4.69) is 10.1 Å². The quantitative estimate of drug-likeness (QED) is 0.802. The average Bonchev–Trinajstić information content (AvgIpc) is 3.21. The van der Waals surface area contributed by atoms with Crippen LogP contribution in [-0.4, -0.2) is 41.2 Å². The zero-order chi connectivity index (χ0) is 15.7. The normalized spacial score (nSPS) is 23.2. The summed E-state index contributed by atoms with van der Waals surface area (Å²) in [4.78, 5) is 4.53. The van der Waals surface area contributed by atoms with Crippen LogP contribution in [0.15, 0.2) is 24.5 Å². The summed E-state index contributed by atoms with van der Waals surface area (Å²) >= 11 is 6.22. The number of halogens is 1. The molecule has 2 aliphatic rings. The molecule has 1 fully saturated rings. The number of hydrogen-bond donors (Lipinski definition) is 0. The first-order valence-corrected chi connectivity index (χ1v) is 8.16. The SMILES string of the molecule is Clc1cc(OCCn2cccn2)c2c(n1)C1(CCOC1)OCC2. The lowest BCUT2D eigenvalue weighted by Gasteiger charge is -2.34. The van der Waals surface area contributed by atoms with Gasteiger partial charge in [-0.15, -0.1) is 0 Å². The summed E-state index contributed by atoms with van der Waals surface area (Å²) in [7, 11) is 0. The number of pyridine rings is 1. The summed E-state index contributed by atoms with van der Waals surface area (Å²) in [5, 5.41) is 4.60. The van der Waals surface area contributed by atoms with Crippen molar-refractivity contribution in [1.29, 1.82) is 0 Å². The van der Waals surface area contributed by atoms with Crippen LogP contribution in [0.25, 0.3) is 0 Å². The summed E-state index contributed by atoms with van der Waals surface area (Å²) in [6, 6.07) is 3.69. The van der Waals surface area contributed by atoms with Gasteiger partial charge in [-0.25, -0.2) is 4.98 Å². The summed E-state index contributed by atoms with van der Waals surface area (Å²) in [5.41, 5.74) is 1.51. The monoisotopic (exact) mass is 335 g/mol. The second kappa shape index (κ2) is 6.11. The van der Waals surface area contributed by atoms with Gasteiger partial charge >= 0.3 is 0 Å². The number of aromatic nitrogens is 3. The van der Waals surface area contributed by atoms with Crippen LogP contribution in [-0.2, 0) is 28.0 Å². The van der Waals surface area contributed by atoms with E-state index in [1.807, 2.05) is 16.9 Å². The Bertz CT molecular complexity index is 684. The molecule has 1 unspecified atom stereocenters. The first-order valence-electron chi connectivity index (χ1n) is 7.79. The minimum atomic E-state index is -0.460. The van der Waals surface area contributed by atoms with E-state index in [0.29, 0.717) is 38.1 Å². The van der Waals surface area contributed by atoms with Crippen LogP contribution in [0, 0.1) is 0 Å². The van der Waals surface area contributed by atoms with Crippen molar-refractivity contribution < 1.29 is 14.2 Å². The average molecular weight is 336 g/mol. The van der Waals surface area contributed by atoms with Crippen molar-refractivity contribution in [2.45, 2.75) is 25.0 Å². The van der Waals surface area contributed by atoms with Crippen LogP contribution >= 0.6 is 11.6 Å². The second-order valence-corrected chi connectivity index (χ2v) is 6.17. The van der Waals surface area contributed by atoms with E-state index in [-0.39, 0.29) is 0 Å². The minimum Gasteiger partial charge on any atom is -0.491 e. The lowest BCUT2D eigenvalue weighted by molar-refractivity contribution is -0.0670. The lowest BCUT2D eigenvalue weighted by Crippen LogP contribution is -2.37. The molecule has 0 bridgehead atoms. The molecule has 0 saturated carbocycles. The first-order chi connectivity index (χ1) is 11.3. The molecule has 2 aromatic rings. The Morgan fingerprint density at radius 2 is 2.35 bits per heavy atom. The summed E-state index contributed by atoms with van der Waals surface area (Å²) in [5.74, 6) is 0.793. The largest absolute Gasteiger partial charge is 0.491 e. The van der Waals surface area contributed by atoms with Gasteiger partial charge in [-0.05, 0) is 6.07 Å². The van der Waals surface area contributed by atoms with Crippen molar-refractivity contribution in [2.75, 3.05) is 26.4 Å². The smallest absolute Gasteiger partial charge is 0.136 e. The lowest BCUT2D eigenvalue weighted by atomic mass is 9.90. The molecule has 122 valence electrons. The third kappa shape index (κ3) is 2.82. The zero-order valence-electron chi connectivity index (χ0n) is 12.7. The summed E-state index contributed by atoms with van der Waals surface area (Å²) < 4.78 is 19.4. The van der Waals surface area contributed by atoms with Crippen LogP contribution in [0.2, 0.25) is 5.15 Å². The van der Waals surface area contributed by atoms with Crippen molar-refractivity contribution in [3.63, 3.8) is 0 Å². The molecule has 2 aromatic heterocycles. The van der Waals surface area contributed by atoms with Gasteiger partial charge < -0.3 is 14.2 Å². The van der Waals surface area contributed by atoms with Crippen molar-refractivity contribution in [3.05, 3.63) is 40.9 Å². The molecule has 4 heterocycles. The van der Waals surface area contributed by atoms with E-state index in [9.17, 15) is 0 Å². The van der Waals surface area contributed by atoms with Gasteiger partial charge in [0.1, 0.15) is 23.1 Å². The predicted octanol–water partition coefficient (Wildman–Crippen LogP) is 2.20. The van der Waals surface area contributed by atoms with Crippen molar-refractivity contribution in [3.8, 4) is 5.75 Å². The molecule has 1 atom stereocenters. The van der Waals surface area contributed by atoms with E-state index in [1.54, 1.807) is 12.3 Å². The Balaban J connectivity index is 1.59. The summed E-state index contributed by atoms with van der Waals surface area (Å²) in [6.07, 6.45) is 5.25. The maximum absolute atomic E-state index is 6.22. The van der Waals surface area contributed by atoms with Crippen LogP contribution in [0.3, 0.4) is 0 Å². The summed E-state index contributed by atoms with van der Waals surface area (Å²) in [6.45, 7) is 3.07. The highest BCUT2D eigenvalue weighted by Crippen LogP contribution is 2.42. The third-order valence-corrected chi connectivity index (χ3v) is 4.53. The molecule has 1 saturated heterocycles. The Labute approximate surface area is 139 Å². The molecular weight excluding hydrogens is 318 g/mol. The van der Waals surface area contributed by atoms with Crippen LogP contribution in [0.5, 0.6) is 5.75 Å². The Hall–Kier alpha value is -1.63. The molecule has 2 aliphatic heterocycles. The molecule has 6 nitrogen and oxygen atoms in total. The van der Waals surface area contributed by atoms with E-state index in [4.69, 9.17) is 25.8 Å². The van der Waals surface area contributed by atoms with Gasteiger partial charge in [-0.3, -0.25) is 4.68 Å². The fourth-order valence-electron chi connectivity index (χ4n) is 3.21. The van der Waals surface area contributed by atoms with E-state index in [1.165, 1.54) is 0 Å². The standard InChI is InChI=1S/C16H18ClN3O3/c17-14-10-13(22-9-6-20-5-1-4-18-20)12-2-7-23-16(15(12)19-14)3-8-21-11-16/h1,4-5,10H,2-3,6-9,11H2. The molecule has 0 aliphatic carbocycles. The second-order valence-electron chi connectivity index (χ2n) is 5.78. The Kier molecular flexibility index (Phi) is 3.97. The highest BCUT2D eigenvalue weighted by atomic mass is 35.5. The predicted molar refractivity (Wildman–Crippen MR) is 83.7 cm³/mol. The van der Waals surface area contributed by atoms with E-state index in [0.717, 1.165) is 29.8 Å². The van der Waals surface area contributed by atoms with Crippen LogP contribution in [0.4, 0.5) is 0 Å². The number of nitrogens with zero attached hydrogens (tertiary/aromatic N) is 3. The van der Waals surface area contributed by atoms with Crippen molar-refractivity contribution in [2.24, 2.45) is 0 Å². The topological polar surface area (TPSA) is 58.4 Å². The minimum absolute atomic E-state index is 0.426. The number of fused-ring (bicyclic) bond motifs is 2. The van der Waals surface area contributed by atoms with E-state index < -0.39 is 5.60 Å². The van der Waals surface area contributed by atoms with Gasteiger partial charge in [0, 0.05) is 43.5 Å². The molecule has 1 spiro atoms. The molecule has 7 heteroatoms. The van der Waals surface area contributed by atoms with Gasteiger partial charge in [-0.1, -0.05) is 11.6 Å². The van der Waals surface area contributed by atoms with Crippen molar-refractivity contribution in [1.82, 2.24) is 14.8 Å². The zero-order valence-corrected chi connectivity index (χ0v) is 13.5. The molecule has 0 N–H and O–H groups in total. The number of ether oxygens (including phenoxy) is 3. The van der Waals surface area contributed by atoms with Gasteiger partial charge in [0.15, 0.2) is 0 Å². The number of rotatable bonds is 4. The van der Waals surface area contributed by atoms with E-state index >= 15 is 0 Å². The highest BCUT2D eigenvalue weighted by Gasteiger charge is 2.44. The molecule has 0 radical (unpaired) electrons. The van der Waals surface area contributed by atoms with Crippen LogP contribution in [0.1, 0.15) is 17.7 Å². The Morgan fingerprint density at radius 3 is 3.13 bits per heavy atom.